The Hall–Kier alpha value is -1.22. The van der Waals surface area contributed by atoms with E-state index in [9.17, 15) is 19.8 Å². The Labute approximate surface area is 226 Å². The highest BCUT2D eigenvalue weighted by Crippen LogP contribution is 2.14. The number of carboxylic acid groups (broad SMARTS) is 1. The van der Waals surface area contributed by atoms with Gasteiger partial charge in [-0.05, 0) is 6.42 Å². The summed E-state index contributed by atoms with van der Waals surface area (Å²) < 4.78 is 16.1. The first-order valence-corrected chi connectivity index (χ1v) is 14.8. The molecule has 0 rings (SSSR count). The molecule has 0 aromatic rings. The van der Waals surface area contributed by atoms with Crippen molar-refractivity contribution in [1.82, 2.24) is 0 Å². The number of nitrogens with zero attached hydrogens (tertiary/aromatic N) is 1. The van der Waals surface area contributed by atoms with E-state index >= 15 is 0 Å². The molecule has 8 heteroatoms. The van der Waals surface area contributed by atoms with Crippen LogP contribution in [0.15, 0.2) is 0 Å². The molecule has 0 aromatic heterocycles. The van der Waals surface area contributed by atoms with Crippen LogP contribution in [0.1, 0.15) is 116 Å². The average Bonchev–Trinajstić information content (AvgIpc) is 2.83. The lowest BCUT2D eigenvalue weighted by molar-refractivity contribution is -0.870. The quantitative estimate of drug-likeness (QED) is 0.0606. The van der Waals surface area contributed by atoms with Gasteiger partial charge in [0, 0.05) is 6.42 Å². The van der Waals surface area contributed by atoms with Crippen molar-refractivity contribution in [2.24, 2.45) is 0 Å². The molecule has 2 unspecified atom stereocenters. The number of ether oxygens (including phenoxy) is 3. The molecule has 0 saturated carbocycles. The second-order valence-electron chi connectivity index (χ2n) is 11.3. The van der Waals surface area contributed by atoms with E-state index in [4.69, 9.17) is 14.2 Å². The summed E-state index contributed by atoms with van der Waals surface area (Å²) in [6.45, 7) is 2.59. The molecule has 220 valence electrons. The summed E-state index contributed by atoms with van der Waals surface area (Å²) in [4.78, 5) is 23.1. The van der Waals surface area contributed by atoms with Crippen molar-refractivity contribution in [2.45, 2.75) is 128 Å². The second kappa shape index (κ2) is 23.9. The molecule has 0 bridgehead atoms. The number of unbranched alkanes of at least 4 members (excludes halogenated alkanes) is 15. The predicted molar refractivity (Wildman–Crippen MR) is 147 cm³/mol. The Balaban J connectivity index is 3.58. The smallest absolute Gasteiger partial charge is 0.361 e. The maximum atomic E-state index is 11.9. The first-order valence-electron chi connectivity index (χ1n) is 14.8. The molecule has 0 aliphatic heterocycles. The van der Waals surface area contributed by atoms with Crippen LogP contribution < -0.4 is 0 Å². The zero-order chi connectivity index (χ0) is 27.8. The summed E-state index contributed by atoms with van der Waals surface area (Å²) in [6.07, 6.45) is 18.3. The Morgan fingerprint density at radius 3 is 1.59 bits per heavy atom. The van der Waals surface area contributed by atoms with Gasteiger partial charge in [0.2, 0.25) is 0 Å². The third kappa shape index (κ3) is 26.2. The minimum atomic E-state index is -1.46. The fourth-order valence-corrected chi connectivity index (χ4v) is 3.95. The Bertz CT molecular complexity index is 551. The molecule has 0 aliphatic rings. The number of likely N-dealkylation sites (N-methyl/N-ethyl adjacent to an activating group) is 1. The van der Waals surface area contributed by atoms with Crippen molar-refractivity contribution in [3.8, 4) is 0 Å². The van der Waals surface area contributed by atoms with Crippen LogP contribution in [0.5, 0.6) is 0 Å². The van der Waals surface area contributed by atoms with E-state index < -0.39 is 18.4 Å². The van der Waals surface area contributed by atoms with E-state index in [1.807, 2.05) is 21.1 Å². The first kappa shape index (κ1) is 35.8. The standard InChI is InChI=1S/C29H57NO7/c1-5-6-7-8-9-10-11-12-13-14-15-16-17-18-19-20-21-27(32)36-24-26(31)25-37-29(28(33)34)35-23-22-30(2,3)4/h26,29,31H,5-25H2,1-4H3/p+1. The normalized spacial score (nSPS) is 13.4. The highest BCUT2D eigenvalue weighted by Gasteiger charge is 2.22. The van der Waals surface area contributed by atoms with Crippen molar-refractivity contribution < 1.29 is 38.5 Å². The van der Waals surface area contributed by atoms with Crippen LogP contribution in [0.4, 0.5) is 0 Å². The average molecular weight is 533 g/mol. The number of hydrogen-bond donors (Lipinski definition) is 2. The number of carbonyl (C=O) groups is 2. The van der Waals surface area contributed by atoms with Gasteiger partial charge < -0.3 is 28.9 Å². The van der Waals surface area contributed by atoms with Gasteiger partial charge in [-0.25, -0.2) is 4.79 Å². The number of aliphatic carboxylic acids is 1. The van der Waals surface area contributed by atoms with Crippen LogP contribution in [0, 0.1) is 0 Å². The molecule has 2 atom stereocenters. The molecule has 8 nitrogen and oxygen atoms in total. The van der Waals surface area contributed by atoms with Crippen molar-refractivity contribution >= 4 is 11.9 Å². The van der Waals surface area contributed by atoms with E-state index in [1.165, 1.54) is 83.5 Å². The summed E-state index contributed by atoms with van der Waals surface area (Å²) in [7, 11) is 5.91. The molecule has 0 aromatic carbocycles. The minimum absolute atomic E-state index is 0.213. The number of esters is 1. The minimum Gasteiger partial charge on any atom is -0.477 e. The van der Waals surface area contributed by atoms with Crippen LogP contribution >= 0.6 is 0 Å². The number of aliphatic hydroxyl groups is 1. The van der Waals surface area contributed by atoms with Crippen LogP contribution in [-0.4, -0.2) is 86.5 Å². The molecule has 0 spiro atoms. The summed E-state index contributed by atoms with van der Waals surface area (Å²) in [5.74, 6) is -1.60. The van der Waals surface area contributed by atoms with Gasteiger partial charge in [0.15, 0.2) is 0 Å². The molecule has 0 fully saturated rings. The van der Waals surface area contributed by atoms with Crippen molar-refractivity contribution in [3.05, 3.63) is 0 Å². The molecule has 0 aliphatic carbocycles. The van der Waals surface area contributed by atoms with E-state index in [1.54, 1.807) is 0 Å². The van der Waals surface area contributed by atoms with Gasteiger partial charge in [-0.2, -0.15) is 0 Å². The lowest BCUT2D eigenvalue weighted by Crippen LogP contribution is -2.40. The van der Waals surface area contributed by atoms with Crippen molar-refractivity contribution in [2.75, 3.05) is 47.5 Å². The third-order valence-corrected chi connectivity index (χ3v) is 6.34. The highest BCUT2D eigenvalue weighted by atomic mass is 16.7. The zero-order valence-corrected chi connectivity index (χ0v) is 24.4. The molecular formula is C29H58NO7+. The SMILES string of the molecule is CCCCCCCCCCCCCCCCCCC(=O)OCC(O)COC(OCC[N+](C)(C)C)C(=O)O. The number of hydrogen-bond acceptors (Lipinski definition) is 6. The van der Waals surface area contributed by atoms with Crippen LogP contribution in [0.3, 0.4) is 0 Å². The third-order valence-electron chi connectivity index (χ3n) is 6.34. The molecule has 37 heavy (non-hydrogen) atoms. The summed E-state index contributed by atoms with van der Waals surface area (Å²) in [5.41, 5.74) is 0. The molecule has 0 amide bonds. The number of aliphatic hydroxyl groups excluding tert-OH is 1. The zero-order valence-electron chi connectivity index (χ0n) is 24.4. The van der Waals surface area contributed by atoms with Crippen molar-refractivity contribution in [1.29, 1.82) is 0 Å². The Kier molecular flexibility index (Phi) is 23.1. The first-order chi connectivity index (χ1) is 17.7. The lowest BCUT2D eigenvalue weighted by Gasteiger charge is -2.24. The van der Waals surface area contributed by atoms with Gasteiger partial charge in [-0.15, -0.1) is 0 Å². The van der Waals surface area contributed by atoms with Gasteiger partial charge in [-0.3, -0.25) is 4.79 Å². The van der Waals surface area contributed by atoms with Gasteiger partial charge in [0.1, 0.15) is 19.3 Å². The Morgan fingerprint density at radius 1 is 0.703 bits per heavy atom. The second-order valence-corrected chi connectivity index (χ2v) is 11.3. The molecule has 0 saturated heterocycles. The highest BCUT2D eigenvalue weighted by molar-refractivity contribution is 5.70. The number of carboxylic acids is 1. The van der Waals surface area contributed by atoms with Gasteiger partial charge in [0.05, 0.1) is 34.4 Å². The van der Waals surface area contributed by atoms with E-state index in [-0.39, 0.29) is 25.8 Å². The van der Waals surface area contributed by atoms with Crippen molar-refractivity contribution in [3.63, 3.8) is 0 Å². The molecular weight excluding hydrogens is 474 g/mol. The van der Waals surface area contributed by atoms with E-state index in [2.05, 4.69) is 6.92 Å². The van der Waals surface area contributed by atoms with E-state index in [0.717, 1.165) is 19.3 Å². The fraction of sp³-hybridized carbons (Fsp3) is 0.931. The Morgan fingerprint density at radius 2 is 1.16 bits per heavy atom. The maximum Gasteiger partial charge on any atom is 0.361 e. The topological polar surface area (TPSA) is 102 Å². The number of carbonyl (C=O) groups excluding carboxylic acids is 1. The predicted octanol–water partition coefficient (Wildman–Crippen LogP) is 5.69. The number of rotatable bonds is 27. The van der Waals surface area contributed by atoms with Gasteiger partial charge in [0.25, 0.3) is 6.29 Å². The largest absolute Gasteiger partial charge is 0.477 e. The summed E-state index contributed by atoms with van der Waals surface area (Å²) in [5, 5.41) is 19.1. The molecule has 0 heterocycles. The maximum absolute atomic E-state index is 11.9. The summed E-state index contributed by atoms with van der Waals surface area (Å²) >= 11 is 0. The van der Waals surface area contributed by atoms with Crippen LogP contribution in [0.25, 0.3) is 0 Å². The number of quaternary nitrogens is 1. The summed E-state index contributed by atoms with van der Waals surface area (Å²) in [6, 6.07) is 0. The van der Waals surface area contributed by atoms with Gasteiger partial charge in [-0.1, -0.05) is 103 Å². The fourth-order valence-electron chi connectivity index (χ4n) is 3.95. The molecule has 0 radical (unpaired) electrons. The molecule has 2 N–H and O–H groups in total. The van der Waals surface area contributed by atoms with E-state index in [0.29, 0.717) is 17.4 Å². The van der Waals surface area contributed by atoms with Crippen LogP contribution in [0.2, 0.25) is 0 Å². The monoisotopic (exact) mass is 532 g/mol. The lowest BCUT2D eigenvalue weighted by atomic mass is 10.0. The van der Waals surface area contributed by atoms with Crippen LogP contribution in [-0.2, 0) is 23.8 Å². The van der Waals surface area contributed by atoms with Gasteiger partial charge >= 0.3 is 11.9 Å².